The highest BCUT2D eigenvalue weighted by Crippen LogP contribution is 2.47. The van der Waals surface area contributed by atoms with Gasteiger partial charge in [0.2, 0.25) is 0 Å². The Morgan fingerprint density at radius 2 is 1.96 bits per heavy atom. The standard InChI is InChI=1S/C18H21NO4/c1-3-15-19-18(17(21)23-15,13-6-4-5-7-13)14-10-8-12(9-11-14)16(20)22-2/h8-11,13H,3-7H2,1-2H3/t18-/m0/s1. The zero-order chi connectivity index (χ0) is 16.4. The van der Waals surface area contributed by atoms with Gasteiger partial charge in [0, 0.05) is 6.42 Å². The minimum absolute atomic E-state index is 0.156. The van der Waals surface area contributed by atoms with Gasteiger partial charge in [0.15, 0.2) is 11.4 Å². The number of nitrogens with zero attached hydrogens (tertiary/aromatic N) is 1. The van der Waals surface area contributed by atoms with E-state index in [0.29, 0.717) is 17.9 Å². The third-order valence-electron chi connectivity index (χ3n) is 4.82. The van der Waals surface area contributed by atoms with Crippen molar-refractivity contribution in [1.29, 1.82) is 0 Å². The number of ether oxygens (including phenoxy) is 2. The first-order valence-electron chi connectivity index (χ1n) is 8.11. The second-order valence-electron chi connectivity index (χ2n) is 6.07. The molecule has 1 aromatic carbocycles. The van der Waals surface area contributed by atoms with Crippen molar-refractivity contribution in [2.24, 2.45) is 10.9 Å². The molecule has 0 aromatic heterocycles. The van der Waals surface area contributed by atoms with Crippen molar-refractivity contribution in [2.45, 2.75) is 44.6 Å². The van der Waals surface area contributed by atoms with E-state index in [1.54, 1.807) is 24.3 Å². The lowest BCUT2D eigenvalue weighted by Crippen LogP contribution is -2.38. The fourth-order valence-corrected chi connectivity index (χ4v) is 3.60. The second kappa shape index (κ2) is 6.14. The summed E-state index contributed by atoms with van der Waals surface area (Å²) >= 11 is 0. The molecule has 5 nitrogen and oxygen atoms in total. The van der Waals surface area contributed by atoms with Crippen LogP contribution in [0.4, 0.5) is 0 Å². The molecule has 5 heteroatoms. The molecule has 0 amide bonds. The highest BCUT2D eigenvalue weighted by atomic mass is 16.6. The first kappa shape index (κ1) is 15.7. The quantitative estimate of drug-likeness (QED) is 0.800. The fourth-order valence-electron chi connectivity index (χ4n) is 3.60. The normalized spacial score (nSPS) is 24.4. The zero-order valence-corrected chi connectivity index (χ0v) is 13.5. The van der Waals surface area contributed by atoms with Gasteiger partial charge in [-0.15, -0.1) is 0 Å². The molecule has 0 spiro atoms. The number of hydrogen-bond donors (Lipinski definition) is 0. The molecule has 23 heavy (non-hydrogen) atoms. The fraction of sp³-hybridized carbons (Fsp3) is 0.500. The Morgan fingerprint density at radius 3 is 2.48 bits per heavy atom. The van der Waals surface area contributed by atoms with E-state index in [0.717, 1.165) is 31.2 Å². The Labute approximate surface area is 135 Å². The van der Waals surface area contributed by atoms with Crippen LogP contribution < -0.4 is 0 Å². The molecule has 1 atom stereocenters. The van der Waals surface area contributed by atoms with E-state index in [4.69, 9.17) is 14.5 Å². The third kappa shape index (κ3) is 2.54. The minimum atomic E-state index is -0.948. The number of esters is 2. The Kier molecular flexibility index (Phi) is 4.20. The molecule has 1 heterocycles. The van der Waals surface area contributed by atoms with Gasteiger partial charge in [-0.05, 0) is 36.5 Å². The van der Waals surface area contributed by atoms with Crippen LogP contribution in [0.1, 0.15) is 54.9 Å². The van der Waals surface area contributed by atoms with E-state index in [-0.39, 0.29) is 11.9 Å². The first-order valence-corrected chi connectivity index (χ1v) is 8.11. The van der Waals surface area contributed by atoms with Crippen LogP contribution in [0.2, 0.25) is 0 Å². The summed E-state index contributed by atoms with van der Waals surface area (Å²) < 4.78 is 10.1. The number of carbonyl (C=O) groups excluding carboxylic acids is 2. The number of hydrogen-bond acceptors (Lipinski definition) is 5. The van der Waals surface area contributed by atoms with Crippen molar-refractivity contribution in [3.63, 3.8) is 0 Å². The molecule has 1 aliphatic heterocycles. The molecule has 1 saturated carbocycles. The van der Waals surface area contributed by atoms with Gasteiger partial charge in [-0.3, -0.25) is 0 Å². The predicted octanol–water partition coefficient (Wildman–Crippen LogP) is 3.22. The Balaban J connectivity index is 2.04. The summed E-state index contributed by atoms with van der Waals surface area (Å²) in [6.07, 6.45) is 4.75. The SMILES string of the molecule is CCC1=N[C@](c2ccc(C(=O)OC)cc2)(C2CCCC2)C(=O)O1. The minimum Gasteiger partial charge on any atom is -0.465 e. The Bertz CT molecular complexity index is 643. The largest absolute Gasteiger partial charge is 0.465 e. The predicted molar refractivity (Wildman–Crippen MR) is 85.2 cm³/mol. The van der Waals surface area contributed by atoms with Crippen molar-refractivity contribution >= 4 is 17.8 Å². The maximum absolute atomic E-state index is 12.7. The number of methoxy groups -OCH3 is 1. The molecule has 3 rings (SSSR count). The molecule has 0 N–H and O–H groups in total. The number of carbonyl (C=O) groups is 2. The van der Waals surface area contributed by atoms with Crippen LogP contribution in [0.3, 0.4) is 0 Å². The van der Waals surface area contributed by atoms with Gasteiger partial charge in [-0.25, -0.2) is 14.6 Å². The van der Waals surface area contributed by atoms with Crippen molar-refractivity contribution < 1.29 is 19.1 Å². The highest BCUT2D eigenvalue weighted by Gasteiger charge is 2.53. The lowest BCUT2D eigenvalue weighted by Gasteiger charge is -2.29. The van der Waals surface area contributed by atoms with Crippen LogP contribution in [-0.4, -0.2) is 24.9 Å². The molecule has 1 aliphatic carbocycles. The van der Waals surface area contributed by atoms with Crippen molar-refractivity contribution in [2.75, 3.05) is 7.11 Å². The molecular weight excluding hydrogens is 294 g/mol. The molecular formula is C18H21NO4. The monoisotopic (exact) mass is 315 g/mol. The average molecular weight is 315 g/mol. The molecule has 2 aliphatic rings. The van der Waals surface area contributed by atoms with Crippen molar-refractivity contribution in [3.8, 4) is 0 Å². The molecule has 122 valence electrons. The smallest absolute Gasteiger partial charge is 0.345 e. The van der Waals surface area contributed by atoms with Gasteiger partial charge in [0.25, 0.3) is 0 Å². The van der Waals surface area contributed by atoms with Gasteiger partial charge >= 0.3 is 11.9 Å². The van der Waals surface area contributed by atoms with Gasteiger partial charge in [0.1, 0.15) is 0 Å². The summed E-state index contributed by atoms with van der Waals surface area (Å²) in [7, 11) is 1.35. The summed E-state index contributed by atoms with van der Waals surface area (Å²) in [4.78, 5) is 29.0. The molecule has 0 unspecified atom stereocenters. The van der Waals surface area contributed by atoms with Crippen LogP contribution in [0.5, 0.6) is 0 Å². The van der Waals surface area contributed by atoms with Gasteiger partial charge < -0.3 is 9.47 Å². The summed E-state index contributed by atoms with van der Waals surface area (Å²) in [6.45, 7) is 1.93. The van der Waals surface area contributed by atoms with E-state index < -0.39 is 11.5 Å². The molecule has 0 radical (unpaired) electrons. The van der Waals surface area contributed by atoms with E-state index >= 15 is 0 Å². The topological polar surface area (TPSA) is 65.0 Å². The number of rotatable bonds is 4. The van der Waals surface area contributed by atoms with Crippen molar-refractivity contribution in [1.82, 2.24) is 0 Å². The summed E-state index contributed by atoms with van der Waals surface area (Å²) in [5.74, 6) is -0.0211. The van der Waals surface area contributed by atoms with E-state index in [1.807, 2.05) is 6.92 Å². The first-order chi connectivity index (χ1) is 11.1. The lowest BCUT2D eigenvalue weighted by molar-refractivity contribution is -0.141. The molecule has 1 fully saturated rings. The number of benzene rings is 1. The third-order valence-corrected chi connectivity index (χ3v) is 4.82. The maximum Gasteiger partial charge on any atom is 0.345 e. The number of cyclic esters (lactones) is 1. The molecule has 1 aromatic rings. The molecule has 0 bridgehead atoms. The second-order valence-corrected chi connectivity index (χ2v) is 6.07. The van der Waals surface area contributed by atoms with E-state index in [1.165, 1.54) is 7.11 Å². The zero-order valence-electron chi connectivity index (χ0n) is 13.5. The van der Waals surface area contributed by atoms with Crippen LogP contribution in [0.15, 0.2) is 29.3 Å². The highest BCUT2D eigenvalue weighted by molar-refractivity contribution is 6.01. The van der Waals surface area contributed by atoms with Crippen LogP contribution in [0, 0.1) is 5.92 Å². The van der Waals surface area contributed by atoms with E-state index in [9.17, 15) is 9.59 Å². The van der Waals surface area contributed by atoms with Gasteiger partial charge in [-0.1, -0.05) is 31.9 Å². The molecule has 0 saturated heterocycles. The van der Waals surface area contributed by atoms with Crippen molar-refractivity contribution in [3.05, 3.63) is 35.4 Å². The summed E-state index contributed by atoms with van der Waals surface area (Å²) in [6, 6.07) is 6.97. The average Bonchev–Trinajstić information content (AvgIpc) is 3.22. The van der Waals surface area contributed by atoms with E-state index in [2.05, 4.69) is 0 Å². The Morgan fingerprint density at radius 1 is 1.30 bits per heavy atom. The van der Waals surface area contributed by atoms with Gasteiger partial charge in [-0.2, -0.15) is 0 Å². The van der Waals surface area contributed by atoms with Crippen LogP contribution in [0.25, 0.3) is 0 Å². The number of aliphatic imine (C=N–C) groups is 1. The summed E-state index contributed by atoms with van der Waals surface area (Å²) in [5, 5.41) is 0. The lowest BCUT2D eigenvalue weighted by atomic mass is 9.77. The van der Waals surface area contributed by atoms with Gasteiger partial charge in [0.05, 0.1) is 12.7 Å². The Hall–Kier alpha value is -2.17. The maximum atomic E-state index is 12.7. The summed E-state index contributed by atoms with van der Waals surface area (Å²) in [5.41, 5.74) is 0.311. The van der Waals surface area contributed by atoms with Crippen LogP contribution in [-0.2, 0) is 19.8 Å². The van der Waals surface area contributed by atoms with Crippen LogP contribution >= 0.6 is 0 Å².